The Labute approximate surface area is 161 Å². The van der Waals surface area contributed by atoms with Crippen molar-refractivity contribution in [2.45, 2.75) is 30.9 Å². The van der Waals surface area contributed by atoms with Crippen molar-refractivity contribution in [3.8, 4) is 11.4 Å². The zero-order valence-corrected chi connectivity index (χ0v) is 16.0. The molecule has 2 amide bonds. The SMILES string of the molecule is CC[C@H](CO)NC(=O)C(=O)Nc1c2c(nn1-c1ccc(OC)cc1)CSC2. The van der Waals surface area contributed by atoms with Crippen LogP contribution in [0.25, 0.3) is 5.69 Å². The van der Waals surface area contributed by atoms with Crippen molar-refractivity contribution in [3.63, 3.8) is 0 Å². The molecule has 0 unspecified atom stereocenters. The summed E-state index contributed by atoms with van der Waals surface area (Å²) in [6.07, 6.45) is 0.533. The second-order valence-corrected chi connectivity index (χ2v) is 7.08. The lowest BCUT2D eigenvalue weighted by atomic mass is 10.2. The van der Waals surface area contributed by atoms with Crippen molar-refractivity contribution >= 4 is 29.4 Å². The van der Waals surface area contributed by atoms with Crippen LogP contribution in [0.5, 0.6) is 5.75 Å². The highest BCUT2D eigenvalue weighted by molar-refractivity contribution is 7.98. The van der Waals surface area contributed by atoms with Gasteiger partial charge in [0.15, 0.2) is 0 Å². The van der Waals surface area contributed by atoms with E-state index >= 15 is 0 Å². The van der Waals surface area contributed by atoms with Gasteiger partial charge in [0.2, 0.25) is 0 Å². The highest BCUT2D eigenvalue weighted by Crippen LogP contribution is 2.36. The van der Waals surface area contributed by atoms with Gasteiger partial charge < -0.3 is 20.5 Å². The molecule has 3 N–H and O–H groups in total. The maximum absolute atomic E-state index is 12.4. The molecular formula is C18H22N4O4S. The first-order valence-corrected chi connectivity index (χ1v) is 9.78. The molecular weight excluding hydrogens is 368 g/mol. The van der Waals surface area contributed by atoms with Crippen molar-refractivity contribution in [1.82, 2.24) is 15.1 Å². The van der Waals surface area contributed by atoms with Gasteiger partial charge in [-0.2, -0.15) is 16.9 Å². The Morgan fingerprint density at radius 2 is 2.04 bits per heavy atom. The van der Waals surface area contributed by atoms with Crippen LogP contribution in [0.1, 0.15) is 24.6 Å². The summed E-state index contributed by atoms with van der Waals surface area (Å²) in [5.74, 6) is 1.13. The van der Waals surface area contributed by atoms with E-state index in [4.69, 9.17) is 4.74 Å². The largest absolute Gasteiger partial charge is 0.497 e. The van der Waals surface area contributed by atoms with E-state index in [0.717, 1.165) is 28.5 Å². The van der Waals surface area contributed by atoms with E-state index in [9.17, 15) is 14.7 Å². The number of fused-ring (bicyclic) bond motifs is 1. The molecule has 0 saturated heterocycles. The van der Waals surface area contributed by atoms with Crippen LogP contribution in [0.4, 0.5) is 5.82 Å². The first kappa shape index (κ1) is 19.2. The summed E-state index contributed by atoms with van der Waals surface area (Å²) >= 11 is 1.71. The highest BCUT2D eigenvalue weighted by Gasteiger charge is 2.27. The molecule has 0 spiro atoms. The van der Waals surface area contributed by atoms with Crippen LogP contribution in [0, 0.1) is 0 Å². The predicted molar refractivity (Wildman–Crippen MR) is 103 cm³/mol. The number of hydrogen-bond acceptors (Lipinski definition) is 6. The monoisotopic (exact) mass is 390 g/mol. The molecule has 9 heteroatoms. The molecule has 0 fully saturated rings. The Bertz CT molecular complexity index is 831. The minimum absolute atomic E-state index is 0.217. The maximum Gasteiger partial charge on any atom is 0.314 e. The third-order valence-electron chi connectivity index (χ3n) is 4.36. The molecule has 0 saturated carbocycles. The number of nitrogens with one attached hydrogen (secondary N) is 2. The Morgan fingerprint density at radius 1 is 1.30 bits per heavy atom. The lowest BCUT2D eigenvalue weighted by molar-refractivity contribution is -0.136. The van der Waals surface area contributed by atoms with Gasteiger partial charge in [0.1, 0.15) is 11.6 Å². The Balaban J connectivity index is 1.86. The molecule has 27 heavy (non-hydrogen) atoms. The molecule has 1 atom stereocenters. The van der Waals surface area contributed by atoms with E-state index in [0.29, 0.717) is 18.0 Å². The van der Waals surface area contributed by atoms with Gasteiger partial charge >= 0.3 is 11.8 Å². The van der Waals surface area contributed by atoms with Crippen LogP contribution < -0.4 is 15.4 Å². The van der Waals surface area contributed by atoms with Gasteiger partial charge in [-0.25, -0.2) is 4.68 Å². The highest BCUT2D eigenvalue weighted by atomic mass is 32.2. The van der Waals surface area contributed by atoms with E-state index in [1.807, 2.05) is 31.2 Å². The summed E-state index contributed by atoms with van der Waals surface area (Å²) in [5, 5.41) is 19.0. The number of amides is 2. The quantitative estimate of drug-likeness (QED) is 0.645. The number of thioether (sulfide) groups is 1. The second kappa shape index (κ2) is 8.45. The average molecular weight is 390 g/mol. The van der Waals surface area contributed by atoms with Crippen LogP contribution in [-0.4, -0.2) is 46.5 Å². The summed E-state index contributed by atoms with van der Waals surface area (Å²) in [7, 11) is 1.59. The number of hydrogen-bond donors (Lipinski definition) is 3. The van der Waals surface area contributed by atoms with E-state index < -0.39 is 17.9 Å². The van der Waals surface area contributed by atoms with Gasteiger partial charge in [-0.3, -0.25) is 9.59 Å². The van der Waals surface area contributed by atoms with Crippen molar-refractivity contribution in [1.29, 1.82) is 0 Å². The number of aliphatic hydroxyl groups excluding tert-OH is 1. The predicted octanol–water partition coefficient (Wildman–Crippen LogP) is 1.45. The summed E-state index contributed by atoms with van der Waals surface area (Å²) in [6, 6.07) is 6.84. The van der Waals surface area contributed by atoms with Gasteiger partial charge in [-0.1, -0.05) is 6.92 Å². The average Bonchev–Trinajstić information content (AvgIpc) is 3.28. The van der Waals surface area contributed by atoms with Crippen molar-refractivity contribution in [3.05, 3.63) is 35.5 Å². The molecule has 1 aliphatic rings. The minimum Gasteiger partial charge on any atom is -0.497 e. The number of rotatable bonds is 6. The lowest BCUT2D eigenvalue weighted by Crippen LogP contribution is -2.43. The smallest absolute Gasteiger partial charge is 0.314 e. The van der Waals surface area contributed by atoms with Gasteiger partial charge in [-0.05, 0) is 30.7 Å². The van der Waals surface area contributed by atoms with Gasteiger partial charge in [0.05, 0.1) is 31.1 Å². The Kier molecular flexibility index (Phi) is 6.02. The molecule has 1 aliphatic heterocycles. The molecule has 2 heterocycles. The number of aliphatic hydroxyl groups is 1. The Hall–Kier alpha value is -2.52. The molecule has 3 rings (SSSR count). The zero-order chi connectivity index (χ0) is 19.4. The van der Waals surface area contributed by atoms with Gasteiger partial charge in [0.25, 0.3) is 0 Å². The number of benzene rings is 1. The van der Waals surface area contributed by atoms with E-state index in [2.05, 4.69) is 15.7 Å². The molecule has 8 nitrogen and oxygen atoms in total. The number of carbonyl (C=O) groups is 2. The molecule has 0 aliphatic carbocycles. The van der Waals surface area contributed by atoms with Crippen LogP contribution in [0.15, 0.2) is 24.3 Å². The first-order valence-electron chi connectivity index (χ1n) is 8.63. The number of anilines is 1. The molecule has 144 valence electrons. The van der Waals surface area contributed by atoms with E-state index in [1.165, 1.54) is 0 Å². The van der Waals surface area contributed by atoms with E-state index in [-0.39, 0.29) is 6.61 Å². The van der Waals surface area contributed by atoms with Crippen molar-refractivity contribution < 1.29 is 19.4 Å². The third-order valence-corrected chi connectivity index (χ3v) is 5.33. The number of ether oxygens (including phenoxy) is 1. The van der Waals surface area contributed by atoms with E-state index in [1.54, 1.807) is 23.6 Å². The van der Waals surface area contributed by atoms with Crippen LogP contribution >= 0.6 is 11.8 Å². The molecule has 1 aromatic carbocycles. The van der Waals surface area contributed by atoms with Crippen LogP contribution in [0.3, 0.4) is 0 Å². The number of aromatic nitrogens is 2. The van der Waals surface area contributed by atoms with Gasteiger partial charge in [-0.15, -0.1) is 0 Å². The second-order valence-electron chi connectivity index (χ2n) is 6.09. The summed E-state index contributed by atoms with van der Waals surface area (Å²) in [5.41, 5.74) is 2.58. The van der Waals surface area contributed by atoms with Crippen molar-refractivity contribution in [2.75, 3.05) is 19.0 Å². The summed E-state index contributed by atoms with van der Waals surface area (Å²) in [4.78, 5) is 24.5. The van der Waals surface area contributed by atoms with Gasteiger partial charge in [0, 0.05) is 17.1 Å². The standard InChI is InChI=1S/C18H22N4O4S/c1-3-11(8-23)19-17(24)18(25)20-16-14-9-27-10-15(14)21-22(16)12-4-6-13(26-2)7-5-12/h4-7,11,23H,3,8-10H2,1-2H3,(H,19,24)(H,20,25)/t11-/m1/s1. The fraction of sp³-hybridized carbons (Fsp3) is 0.389. The fourth-order valence-electron chi connectivity index (χ4n) is 2.74. The number of methoxy groups -OCH3 is 1. The first-order chi connectivity index (χ1) is 13.1. The lowest BCUT2D eigenvalue weighted by Gasteiger charge is -2.15. The Morgan fingerprint density at radius 3 is 2.67 bits per heavy atom. The third kappa shape index (κ3) is 4.09. The molecule has 1 aromatic heterocycles. The zero-order valence-electron chi connectivity index (χ0n) is 15.2. The van der Waals surface area contributed by atoms with Crippen LogP contribution in [0.2, 0.25) is 0 Å². The van der Waals surface area contributed by atoms with Crippen LogP contribution in [-0.2, 0) is 21.1 Å². The molecule has 0 radical (unpaired) electrons. The summed E-state index contributed by atoms with van der Waals surface area (Å²) < 4.78 is 6.81. The topological polar surface area (TPSA) is 105 Å². The minimum atomic E-state index is -0.781. The molecule has 0 bridgehead atoms. The summed E-state index contributed by atoms with van der Waals surface area (Å²) in [6.45, 7) is 1.60. The number of carbonyl (C=O) groups excluding carboxylic acids is 2. The molecule has 2 aromatic rings. The fourth-order valence-corrected chi connectivity index (χ4v) is 3.78. The number of nitrogens with zero attached hydrogens (tertiary/aromatic N) is 2. The van der Waals surface area contributed by atoms with Crippen molar-refractivity contribution in [2.24, 2.45) is 0 Å². The normalized spacial score (nSPS) is 13.7. The maximum atomic E-state index is 12.4.